The normalized spacial score (nSPS) is 26.8. The highest BCUT2D eigenvalue weighted by molar-refractivity contribution is 6.71. The number of ether oxygens (including phenoxy) is 2. The first-order chi connectivity index (χ1) is 20.5. The lowest BCUT2D eigenvalue weighted by atomic mass is 9.82. The molecule has 43 heavy (non-hydrogen) atoms. The number of aliphatic hydroxyl groups excluding tert-OH is 2. The maximum absolute atomic E-state index is 14.1. The van der Waals surface area contributed by atoms with E-state index in [0.29, 0.717) is 49.4 Å². The van der Waals surface area contributed by atoms with E-state index in [-0.39, 0.29) is 36.5 Å². The van der Waals surface area contributed by atoms with Crippen LogP contribution < -0.4 is 19.9 Å². The molecule has 2 aromatic rings. The number of hydrogen-bond donors (Lipinski definition) is 4. The fourth-order valence-corrected chi connectivity index (χ4v) is 10.0. The summed E-state index contributed by atoms with van der Waals surface area (Å²) in [6.45, 7) is 8.73. The summed E-state index contributed by atoms with van der Waals surface area (Å²) in [5, 5.41) is 22.4. The molecular weight excluding hydrogens is 566 g/mol. The Morgan fingerprint density at radius 3 is 2.51 bits per heavy atom. The van der Waals surface area contributed by atoms with Gasteiger partial charge in [-0.05, 0) is 94.2 Å². The van der Waals surface area contributed by atoms with Crippen molar-refractivity contribution in [2.24, 2.45) is 5.92 Å². The summed E-state index contributed by atoms with van der Waals surface area (Å²) >= 11 is 0. The molecule has 2 aromatic carbocycles. The SMILES string of the molecule is CCOc1ccc2c(c1)CC(NCCCCO)C(=O)N2c1ccc2c(c1)[C@]1(O[C@@H](CCO)[C@H]([Si](C)(C)O)[C@H]1C)C(=O)N2C. The molecular formula is C32H45N3O7Si. The molecule has 1 saturated heterocycles. The van der Waals surface area contributed by atoms with Crippen LogP contribution in [-0.2, 0) is 26.3 Å². The number of carbonyl (C=O) groups is 2. The third kappa shape index (κ3) is 5.40. The molecule has 0 aliphatic carbocycles. The minimum atomic E-state index is -2.81. The molecule has 0 bridgehead atoms. The number of hydrogen-bond acceptors (Lipinski definition) is 8. The van der Waals surface area contributed by atoms with E-state index in [4.69, 9.17) is 9.47 Å². The quantitative estimate of drug-likeness (QED) is 0.225. The second kappa shape index (κ2) is 12.3. The van der Waals surface area contributed by atoms with Crippen LogP contribution in [0.3, 0.4) is 0 Å². The third-order valence-electron chi connectivity index (χ3n) is 9.29. The van der Waals surface area contributed by atoms with Gasteiger partial charge in [-0.1, -0.05) is 6.92 Å². The lowest BCUT2D eigenvalue weighted by molar-refractivity contribution is -0.146. The van der Waals surface area contributed by atoms with E-state index in [9.17, 15) is 24.6 Å². The van der Waals surface area contributed by atoms with E-state index >= 15 is 0 Å². The molecule has 4 N–H and O–H groups in total. The summed E-state index contributed by atoms with van der Waals surface area (Å²) < 4.78 is 12.4. The van der Waals surface area contributed by atoms with Crippen LogP contribution in [0, 0.1) is 5.92 Å². The third-order valence-corrected chi connectivity index (χ3v) is 11.8. The van der Waals surface area contributed by atoms with E-state index in [1.807, 2.05) is 63.3 Å². The number of likely N-dealkylation sites (N-methyl/N-ethyl adjacent to an activating group) is 1. The van der Waals surface area contributed by atoms with Crippen LogP contribution >= 0.6 is 0 Å². The largest absolute Gasteiger partial charge is 0.494 e. The van der Waals surface area contributed by atoms with E-state index in [1.165, 1.54) is 0 Å². The summed E-state index contributed by atoms with van der Waals surface area (Å²) in [7, 11) is -1.08. The molecule has 3 heterocycles. The van der Waals surface area contributed by atoms with Crippen LogP contribution in [0.4, 0.5) is 17.1 Å². The number of nitrogens with zero attached hydrogens (tertiary/aromatic N) is 2. The van der Waals surface area contributed by atoms with Crippen LogP contribution in [-0.4, -0.2) is 80.7 Å². The number of carbonyl (C=O) groups excluding carboxylic acids is 2. The molecule has 0 aromatic heterocycles. The van der Waals surface area contributed by atoms with Crippen LogP contribution in [0.2, 0.25) is 18.6 Å². The highest BCUT2D eigenvalue weighted by Crippen LogP contribution is 2.60. The van der Waals surface area contributed by atoms with Crippen molar-refractivity contribution in [2.75, 3.05) is 43.2 Å². The predicted molar refractivity (Wildman–Crippen MR) is 167 cm³/mol. The molecule has 11 heteroatoms. The number of rotatable bonds is 11. The minimum Gasteiger partial charge on any atom is -0.494 e. The molecule has 1 spiro atoms. The molecule has 10 nitrogen and oxygen atoms in total. The summed E-state index contributed by atoms with van der Waals surface area (Å²) in [5.41, 5.74) is 2.12. The van der Waals surface area contributed by atoms with Gasteiger partial charge in [-0.2, -0.15) is 0 Å². The Morgan fingerprint density at radius 1 is 1.09 bits per heavy atom. The van der Waals surface area contributed by atoms with Crippen LogP contribution in [0.1, 0.15) is 44.2 Å². The standard InChI is InChI=1S/C32H45N3O7Si/c1-6-41-23-10-12-26-21(17-23)18-25(33-14-7-8-15-36)30(38)35(26)22-9-11-27-24(19-22)32(31(39)34(27)3)20(2)29(43(4,5)40)28(42-32)13-16-37/h9-12,17,19-20,25,28-29,33,36-37,40H,6-8,13-16,18H2,1-5H3/t20-,25?,28+,29-,32+/m1/s1. The average molecular weight is 612 g/mol. The minimum absolute atomic E-state index is 0.104. The number of fused-ring (bicyclic) bond motifs is 3. The van der Waals surface area contributed by atoms with Gasteiger partial charge in [-0.3, -0.25) is 14.5 Å². The number of unbranched alkanes of at least 4 members (excludes halogenated alkanes) is 1. The fraction of sp³-hybridized carbons (Fsp3) is 0.562. The van der Waals surface area contributed by atoms with E-state index in [1.54, 1.807) is 16.8 Å². The highest BCUT2D eigenvalue weighted by atomic mass is 28.4. The summed E-state index contributed by atoms with van der Waals surface area (Å²) in [5.74, 6) is 0.0829. The van der Waals surface area contributed by atoms with E-state index < -0.39 is 26.1 Å². The van der Waals surface area contributed by atoms with Gasteiger partial charge < -0.3 is 34.7 Å². The second-order valence-corrected chi connectivity index (χ2v) is 16.5. The van der Waals surface area contributed by atoms with Gasteiger partial charge in [-0.25, -0.2) is 0 Å². The number of anilines is 3. The Balaban J connectivity index is 1.60. The van der Waals surface area contributed by atoms with Gasteiger partial charge in [0.1, 0.15) is 5.75 Å². The van der Waals surface area contributed by atoms with Crippen molar-refractivity contribution >= 4 is 37.2 Å². The van der Waals surface area contributed by atoms with Crippen LogP contribution in [0.25, 0.3) is 0 Å². The molecule has 5 rings (SSSR count). The van der Waals surface area contributed by atoms with E-state index in [0.717, 1.165) is 23.4 Å². The smallest absolute Gasteiger partial charge is 0.264 e. The van der Waals surface area contributed by atoms with Crippen molar-refractivity contribution in [3.8, 4) is 5.75 Å². The molecule has 234 valence electrons. The molecule has 3 aliphatic heterocycles. The first-order valence-electron chi connectivity index (χ1n) is 15.4. The second-order valence-electron chi connectivity index (χ2n) is 12.5. The van der Waals surface area contributed by atoms with Crippen molar-refractivity contribution in [1.82, 2.24) is 5.32 Å². The summed E-state index contributed by atoms with van der Waals surface area (Å²) in [6, 6.07) is 10.9. The monoisotopic (exact) mass is 611 g/mol. The number of benzene rings is 2. The summed E-state index contributed by atoms with van der Waals surface area (Å²) in [4.78, 5) is 42.8. The van der Waals surface area contributed by atoms with Gasteiger partial charge in [0.15, 0.2) is 13.9 Å². The first-order valence-corrected chi connectivity index (χ1v) is 18.4. The van der Waals surface area contributed by atoms with Crippen molar-refractivity contribution < 1.29 is 34.1 Å². The average Bonchev–Trinajstić information content (AvgIpc) is 3.37. The van der Waals surface area contributed by atoms with Gasteiger partial charge in [-0.15, -0.1) is 0 Å². The van der Waals surface area contributed by atoms with Gasteiger partial charge in [0.2, 0.25) is 5.91 Å². The Hall–Kier alpha value is -2.80. The Kier molecular flexibility index (Phi) is 9.04. The summed E-state index contributed by atoms with van der Waals surface area (Å²) in [6.07, 6.45) is 1.75. The van der Waals surface area contributed by atoms with Crippen molar-refractivity contribution in [3.05, 3.63) is 47.5 Å². The van der Waals surface area contributed by atoms with Crippen molar-refractivity contribution in [3.63, 3.8) is 0 Å². The number of amides is 2. The van der Waals surface area contributed by atoms with E-state index in [2.05, 4.69) is 5.32 Å². The topological polar surface area (TPSA) is 132 Å². The maximum atomic E-state index is 14.1. The zero-order chi connectivity index (χ0) is 31.1. The predicted octanol–water partition coefficient (Wildman–Crippen LogP) is 3.19. The molecule has 5 atom stereocenters. The zero-order valence-corrected chi connectivity index (χ0v) is 26.8. The first kappa shape index (κ1) is 31.6. The molecule has 1 unspecified atom stereocenters. The Bertz CT molecular complexity index is 1360. The highest BCUT2D eigenvalue weighted by Gasteiger charge is 2.65. The number of aliphatic hydroxyl groups is 2. The lowest BCUT2D eigenvalue weighted by Gasteiger charge is -2.36. The van der Waals surface area contributed by atoms with Gasteiger partial charge >= 0.3 is 0 Å². The van der Waals surface area contributed by atoms with Crippen LogP contribution in [0.5, 0.6) is 5.75 Å². The fourth-order valence-electron chi connectivity index (χ4n) is 7.43. The lowest BCUT2D eigenvalue weighted by Crippen LogP contribution is -2.49. The molecule has 1 fully saturated rings. The van der Waals surface area contributed by atoms with Crippen molar-refractivity contribution in [1.29, 1.82) is 0 Å². The zero-order valence-electron chi connectivity index (χ0n) is 25.8. The van der Waals surface area contributed by atoms with Gasteiger partial charge in [0.25, 0.3) is 5.91 Å². The Labute approximate surface area is 254 Å². The molecule has 2 amide bonds. The maximum Gasteiger partial charge on any atom is 0.264 e. The van der Waals surface area contributed by atoms with Gasteiger partial charge in [0.05, 0.1) is 30.1 Å². The van der Waals surface area contributed by atoms with Crippen molar-refractivity contribution in [2.45, 2.75) is 75.9 Å². The Morgan fingerprint density at radius 2 is 1.84 bits per heavy atom. The van der Waals surface area contributed by atoms with Gasteiger partial charge in [0, 0.05) is 43.0 Å². The molecule has 0 radical (unpaired) electrons. The number of nitrogens with one attached hydrogen (secondary N) is 1. The molecule has 0 saturated carbocycles. The van der Waals surface area contributed by atoms with Crippen LogP contribution in [0.15, 0.2) is 36.4 Å². The molecule has 3 aliphatic rings.